The first-order valence-corrected chi connectivity index (χ1v) is 14.3. The maximum Gasteiger partial charge on any atom is 0.258 e. The van der Waals surface area contributed by atoms with Crippen molar-refractivity contribution in [3.8, 4) is 5.88 Å². The minimum atomic E-state index is -0.285. The van der Waals surface area contributed by atoms with Gasteiger partial charge in [-0.15, -0.1) is 0 Å². The summed E-state index contributed by atoms with van der Waals surface area (Å²) in [4.78, 5) is 12.6. The average molecular weight is 509 g/mol. The second-order valence-corrected chi connectivity index (χ2v) is 12.3. The van der Waals surface area contributed by atoms with Crippen LogP contribution in [0.15, 0.2) is 10.9 Å². The van der Waals surface area contributed by atoms with E-state index in [1.807, 2.05) is 0 Å². The molecule has 2 fully saturated rings. The van der Waals surface area contributed by atoms with E-state index in [0.29, 0.717) is 66.6 Å². The number of hydrogen-bond donors (Lipinski definition) is 1. The van der Waals surface area contributed by atoms with Crippen LogP contribution in [0.1, 0.15) is 80.1 Å². The molecule has 2 saturated carbocycles. The van der Waals surface area contributed by atoms with Crippen molar-refractivity contribution >= 4 is 12.2 Å². The topological polar surface area (TPSA) is 65.6 Å². The Morgan fingerprint density at radius 2 is 1.34 bits per heavy atom. The second kappa shape index (κ2) is 12.9. The molecule has 0 radical (unpaired) electrons. The molecule has 6 unspecified atom stereocenters. The normalized spacial score (nSPS) is 29.7. The molecule has 0 aliphatic heterocycles. The zero-order valence-corrected chi connectivity index (χ0v) is 23.6. The third-order valence-electron chi connectivity index (χ3n) is 8.47. The van der Waals surface area contributed by atoms with Crippen molar-refractivity contribution in [3.63, 3.8) is 0 Å². The second-order valence-electron chi connectivity index (χ2n) is 11.9. The SMILES string of the molecule is CC1CCC(C(C)C)C(OCCn2c(O)cc(=O)n(CCOC3CC(C)CCC3C(C)C)c2=S)C1. The Morgan fingerprint density at radius 3 is 1.80 bits per heavy atom. The van der Waals surface area contributed by atoms with Gasteiger partial charge in [0.2, 0.25) is 0 Å². The van der Waals surface area contributed by atoms with Gasteiger partial charge in [-0.2, -0.15) is 0 Å². The molecule has 7 heteroatoms. The summed E-state index contributed by atoms with van der Waals surface area (Å²) in [5.41, 5.74) is -0.285. The summed E-state index contributed by atoms with van der Waals surface area (Å²) in [6.45, 7) is 15.4. The Balaban J connectivity index is 1.62. The monoisotopic (exact) mass is 508 g/mol. The van der Waals surface area contributed by atoms with Gasteiger partial charge in [0.25, 0.3) is 5.56 Å². The van der Waals surface area contributed by atoms with E-state index in [0.717, 1.165) is 12.8 Å². The molecular formula is C28H48N2O4S. The highest BCUT2D eigenvalue weighted by Gasteiger charge is 2.32. The van der Waals surface area contributed by atoms with E-state index in [1.165, 1.54) is 31.7 Å². The number of nitrogens with zero attached hydrogens (tertiary/aromatic N) is 2. The lowest BCUT2D eigenvalue weighted by Gasteiger charge is -2.37. The molecule has 0 bridgehead atoms. The van der Waals surface area contributed by atoms with E-state index < -0.39 is 0 Å². The largest absolute Gasteiger partial charge is 0.494 e. The molecule has 6 atom stereocenters. The molecule has 0 amide bonds. The fraction of sp³-hybridized carbons (Fsp3) is 0.857. The minimum absolute atomic E-state index is 0.0980. The minimum Gasteiger partial charge on any atom is -0.494 e. The van der Waals surface area contributed by atoms with Gasteiger partial charge in [0, 0.05) is 0 Å². The van der Waals surface area contributed by atoms with Crippen molar-refractivity contribution in [3.05, 3.63) is 21.2 Å². The van der Waals surface area contributed by atoms with E-state index in [4.69, 9.17) is 21.7 Å². The van der Waals surface area contributed by atoms with E-state index in [-0.39, 0.29) is 23.6 Å². The first-order valence-electron chi connectivity index (χ1n) is 13.8. The van der Waals surface area contributed by atoms with Crippen LogP contribution in [0.3, 0.4) is 0 Å². The van der Waals surface area contributed by atoms with Crippen LogP contribution in [-0.4, -0.2) is 39.7 Å². The molecule has 0 aromatic carbocycles. The molecule has 0 spiro atoms. The van der Waals surface area contributed by atoms with Crippen LogP contribution in [0.5, 0.6) is 5.88 Å². The average Bonchev–Trinajstić information content (AvgIpc) is 2.77. The summed E-state index contributed by atoms with van der Waals surface area (Å²) in [6.07, 6.45) is 7.54. The number of rotatable bonds is 10. The Kier molecular flexibility index (Phi) is 10.4. The standard InChI is InChI=1S/C28H48N2O4S/c1-18(2)22-9-7-20(5)15-24(22)33-13-11-29-26(31)17-27(32)30(28(29)35)12-14-34-25-16-21(6)8-10-23(25)19(3)4/h17-25,31H,7-16H2,1-6H3. The van der Waals surface area contributed by atoms with Gasteiger partial charge in [-0.1, -0.05) is 54.4 Å². The van der Waals surface area contributed by atoms with Crippen molar-refractivity contribution in [2.24, 2.45) is 35.5 Å². The van der Waals surface area contributed by atoms with Gasteiger partial charge in [-0.25, -0.2) is 0 Å². The third kappa shape index (κ3) is 7.42. The predicted molar refractivity (Wildman–Crippen MR) is 143 cm³/mol. The fourth-order valence-corrected chi connectivity index (χ4v) is 6.59. The van der Waals surface area contributed by atoms with Gasteiger partial charge in [0.15, 0.2) is 10.7 Å². The maximum atomic E-state index is 12.6. The molecule has 200 valence electrons. The molecule has 2 aliphatic rings. The fourth-order valence-electron chi connectivity index (χ4n) is 6.22. The molecule has 1 aromatic heterocycles. The summed E-state index contributed by atoms with van der Waals surface area (Å²) in [5.74, 6) is 3.55. The summed E-state index contributed by atoms with van der Waals surface area (Å²) in [5, 5.41) is 10.5. The van der Waals surface area contributed by atoms with Gasteiger partial charge < -0.3 is 14.6 Å². The van der Waals surface area contributed by atoms with Crippen LogP contribution in [-0.2, 0) is 22.6 Å². The Hall–Kier alpha value is -1.18. The number of hydrogen-bond acceptors (Lipinski definition) is 5. The maximum absolute atomic E-state index is 12.6. The van der Waals surface area contributed by atoms with Crippen LogP contribution >= 0.6 is 12.2 Å². The quantitative estimate of drug-likeness (QED) is 0.390. The van der Waals surface area contributed by atoms with Crippen molar-refractivity contribution in [2.75, 3.05) is 13.2 Å². The van der Waals surface area contributed by atoms with E-state index >= 15 is 0 Å². The van der Waals surface area contributed by atoms with Gasteiger partial charge in [-0.3, -0.25) is 13.9 Å². The number of aromatic hydroxyl groups is 1. The van der Waals surface area contributed by atoms with Crippen molar-refractivity contribution in [1.29, 1.82) is 0 Å². The Labute approximate surface area is 217 Å². The van der Waals surface area contributed by atoms with Crippen molar-refractivity contribution in [2.45, 2.75) is 105 Å². The lowest BCUT2D eigenvalue weighted by molar-refractivity contribution is -0.0426. The van der Waals surface area contributed by atoms with Gasteiger partial charge >= 0.3 is 0 Å². The van der Waals surface area contributed by atoms with Crippen LogP contribution in [0.4, 0.5) is 0 Å². The van der Waals surface area contributed by atoms with Crippen LogP contribution in [0, 0.1) is 40.3 Å². The highest BCUT2D eigenvalue weighted by Crippen LogP contribution is 2.36. The van der Waals surface area contributed by atoms with Crippen LogP contribution < -0.4 is 5.56 Å². The number of aromatic nitrogens is 2. The van der Waals surface area contributed by atoms with Gasteiger partial charge in [-0.05, 0) is 73.4 Å². The first-order chi connectivity index (χ1) is 16.6. The molecule has 2 aliphatic carbocycles. The van der Waals surface area contributed by atoms with Crippen LogP contribution in [0.25, 0.3) is 0 Å². The molecule has 0 saturated heterocycles. The highest BCUT2D eigenvalue weighted by atomic mass is 32.1. The molecule has 6 nitrogen and oxygen atoms in total. The lowest BCUT2D eigenvalue weighted by Crippen LogP contribution is -2.36. The Morgan fingerprint density at radius 1 is 0.886 bits per heavy atom. The third-order valence-corrected chi connectivity index (χ3v) is 8.91. The summed E-state index contributed by atoms with van der Waals surface area (Å²) in [7, 11) is 0. The summed E-state index contributed by atoms with van der Waals surface area (Å²) < 4.78 is 16.1. The lowest BCUT2D eigenvalue weighted by atomic mass is 9.75. The van der Waals surface area contributed by atoms with E-state index in [1.54, 1.807) is 9.13 Å². The van der Waals surface area contributed by atoms with Crippen LogP contribution in [0.2, 0.25) is 0 Å². The summed E-state index contributed by atoms with van der Waals surface area (Å²) in [6, 6.07) is 1.26. The van der Waals surface area contributed by atoms with Gasteiger partial charge in [0.05, 0.1) is 44.6 Å². The molecule has 1 aromatic rings. The molecule has 1 heterocycles. The summed E-state index contributed by atoms with van der Waals surface area (Å²) >= 11 is 5.63. The zero-order valence-electron chi connectivity index (χ0n) is 22.7. The zero-order chi connectivity index (χ0) is 25.7. The van der Waals surface area contributed by atoms with E-state index in [2.05, 4.69) is 41.5 Å². The molecule has 1 N–H and O–H groups in total. The van der Waals surface area contributed by atoms with Crippen molar-refractivity contribution in [1.82, 2.24) is 9.13 Å². The highest BCUT2D eigenvalue weighted by molar-refractivity contribution is 7.71. The first kappa shape index (κ1) is 28.4. The smallest absolute Gasteiger partial charge is 0.258 e. The molecular weight excluding hydrogens is 460 g/mol. The van der Waals surface area contributed by atoms with Gasteiger partial charge in [0.1, 0.15) is 0 Å². The predicted octanol–water partition coefficient (Wildman–Crippen LogP) is 6.04. The van der Waals surface area contributed by atoms with E-state index in [9.17, 15) is 9.90 Å². The molecule has 35 heavy (non-hydrogen) atoms. The Bertz CT molecular complexity index is 925. The molecule has 3 rings (SSSR count). The number of ether oxygens (including phenoxy) is 2. The van der Waals surface area contributed by atoms with Crippen molar-refractivity contribution < 1.29 is 14.6 Å².